The van der Waals surface area contributed by atoms with E-state index < -0.39 is 0 Å². The molecule has 0 saturated carbocycles. The number of benzene rings is 2. The van der Waals surface area contributed by atoms with E-state index in [1.807, 2.05) is 56.4 Å². The average Bonchev–Trinajstić information content (AvgIpc) is 3.13. The van der Waals surface area contributed by atoms with Crippen molar-refractivity contribution < 1.29 is 14.6 Å². The van der Waals surface area contributed by atoms with Crippen LogP contribution >= 0.6 is 24.0 Å². The van der Waals surface area contributed by atoms with Gasteiger partial charge in [0.05, 0.1) is 13.2 Å². The minimum Gasteiger partial charge on any atom is -0.454 e. The molecule has 0 unspecified atom stereocenters. The second-order valence-corrected chi connectivity index (χ2v) is 6.14. The summed E-state index contributed by atoms with van der Waals surface area (Å²) < 4.78 is 10.8. The molecule has 2 aromatic carbocycles. The highest BCUT2D eigenvalue weighted by atomic mass is 127. The minimum absolute atomic E-state index is 0. The zero-order valence-corrected chi connectivity index (χ0v) is 18.0. The SMILES string of the molecule is CCNC(=NCc1ccccc1CO)N(C)Cc1ccc2c(c1)OCO2.I. The first-order chi connectivity index (χ1) is 12.7. The van der Waals surface area contributed by atoms with Crippen molar-refractivity contribution in [2.45, 2.75) is 26.6 Å². The van der Waals surface area contributed by atoms with E-state index in [1.165, 1.54) is 0 Å². The molecule has 2 N–H and O–H groups in total. The quantitative estimate of drug-likeness (QED) is 0.376. The number of fused-ring (bicyclic) bond motifs is 1. The predicted molar refractivity (Wildman–Crippen MR) is 117 cm³/mol. The van der Waals surface area contributed by atoms with Crippen molar-refractivity contribution >= 4 is 29.9 Å². The van der Waals surface area contributed by atoms with Gasteiger partial charge in [0, 0.05) is 20.1 Å². The van der Waals surface area contributed by atoms with E-state index in [4.69, 9.17) is 14.5 Å². The number of rotatable bonds is 6. The van der Waals surface area contributed by atoms with E-state index in [-0.39, 0.29) is 37.4 Å². The van der Waals surface area contributed by atoms with Gasteiger partial charge >= 0.3 is 0 Å². The monoisotopic (exact) mass is 483 g/mol. The Hall–Kier alpha value is -2.00. The van der Waals surface area contributed by atoms with Crippen LogP contribution in [-0.2, 0) is 19.7 Å². The Morgan fingerprint density at radius 1 is 1.15 bits per heavy atom. The molecule has 0 aliphatic carbocycles. The fraction of sp³-hybridized carbons (Fsp3) is 0.350. The van der Waals surface area contributed by atoms with Gasteiger partial charge in [-0.3, -0.25) is 0 Å². The number of ether oxygens (including phenoxy) is 2. The maximum atomic E-state index is 9.47. The van der Waals surface area contributed by atoms with Crippen LogP contribution in [0.25, 0.3) is 0 Å². The Kier molecular flexibility index (Phi) is 8.18. The molecule has 1 aliphatic heterocycles. The highest BCUT2D eigenvalue weighted by molar-refractivity contribution is 14.0. The molecule has 1 aliphatic rings. The summed E-state index contributed by atoms with van der Waals surface area (Å²) in [6.07, 6.45) is 0. The standard InChI is InChI=1S/C20H25N3O3.HI/c1-3-21-20(22-11-16-6-4-5-7-17(16)13-24)23(2)12-15-8-9-18-19(10-15)26-14-25-18;/h4-10,24H,3,11-14H2,1-2H3,(H,21,22);1H. The van der Waals surface area contributed by atoms with E-state index in [9.17, 15) is 5.11 Å². The van der Waals surface area contributed by atoms with Gasteiger partial charge in [-0.05, 0) is 35.7 Å². The smallest absolute Gasteiger partial charge is 0.231 e. The minimum atomic E-state index is 0. The van der Waals surface area contributed by atoms with E-state index in [0.29, 0.717) is 13.1 Å². The van der Waals surface area contributed by atoms with Crippen molar-refractivity contribution in [2.24, 2.45) is 4.99 Å². The van der Waals surface area contributed by atoms with E-state index >= 15 is 0 Å². The van der Waals surface area contributed by atoms with Gasteiger partial charge in [-0.2, -0.15) is 0 Å². The number of hydrogen-bond acceptors (Lipinski definition) is 4. The first-order valence-corrected chi connectivity index (χ1v) is 8.77. The second kappa shape index (κ2) is 10.4. The largest absolute Gasteiger partial charge is 0.454 e. The number of nitrogens with zero attached hydrogens (tertiary/aromatic N) is 2. The molecule has 2 aromatic rings. The van der Waals surface area contributed by atoms with Gasteiger partial charge < -0.3 is 24.8 Å². The summed E-state index contributed by atoms with van der Waals surface area (Å²) in [5.41, 5.74) is 3.06. The van der Waals surface area contributed by atoms with Crippen molar-refractivity contribution in [3.63, 3.8) is 0 Å². The lowest BCUT2D eigenvalue weighted by molar-refractivity contribution is 0.174. The number of aliphatic hydroxyl groups excluding tert-OH is 1. The summed E-state index contributed by atoms with van der Waals surface area (Å²) in [6.45, 7) is 4.35. The third-order valence-electron chi connectivity index (χ3n) is 4.24. The fourth-order valence-corrected chi connectivity index (χ4v) is 2.88. The highest BCUT2D eigenvalue weighted by Gasteiger charge is 2.14. The Morgan fingerprint density at radius 3 is 2.63 bits per heavy atom. The summed E-state index contributed by atoms with van der Waals surface area (Å²) in [7, 11) is 2.00. The number of hydrogen-bond donors (Lipinski definition) is 2. The van der Waals surface area contributed by atoms with Crippen molar-refractivity contribution in [3.8, 4) is 11.5 Å². The van der Waals surface area contributed by atoms with Crippen molar-refractivity contribution in [2.75, 3.05) is 20.4 Å². The van der Waals surface area contributed by atoms with Crippen LogP contribution in [0.3, 0.4) is 0 Å². The Labute approximate surface area is 177 Å². The van der Waals surface area contributed by atoms with Gasteiger partial charge in [-0.25, -0.2) is 4.99 Å². The van der Waals surface area contributed by atoms with Crippen molar-refractivity contribution in [1.82, 2.24) is 10.2 Å². The topological polar surface area (TPSA) is 66.3 Å². The van der Waals surface area contributed by atoms with Gasteiger partial charge in [0.15, 0.2) is 17.5 Å². The normalized spacial score (nSPS) is 12.5. The van der Waals surface area contributed by atoms with Crippen LogP contribution in [0.5, 0.6) is 11.5 Å². The van der Waals surface area contributed by atoms with Crippen LogP contribution in [0.1, 0.15) is 23.6 Å². The first-order valence-electron chi connectivity index (χ1n) is 8.77. The summed E-state index contributed by atoms with van der Waals surface area (Å²) >= 11 is 0. The molecule has 7 heteroatoms. The van der Waals surface area contributed by atoms with Crippen LogP contribution < -0.4 is 14.8 Å². The van der Waals surface area contributed by atoms with E-state index in [2.05, 4.69) is 10.2 Å². The van der Waals surface area contributed by atoms with Gasteiger partial charge in [0.25, 0.3) is 0 Å². The van der Waals surface area contributed by atoms with Crippen LogP contribution in [0.4, 0.5) is 0 Å². The summed E-state index contributed by atoms with van der Waals surface area (Å²) in [4.78, 5) is 6.80. The van der Waals surface area contributed by atoms with Gasteiger partial charge in [0.1, 0.15) is 0 Å². The van der Waals surface area contributed by atoms with Crippen molar-refractivity contribution in [3.05, 3.63) is 59.2 Å². The average molecular weight is 483 g/mol. The van der Waals surface area contributed by atoms with Crippen LogP contribution in [-0.4, -0.2) is 36.4 Å². The van der Waals surface area contributed by atoms with E-state index in [1.54, 1.807) is 0 Å². The molecule has 3 rings (SSSR count). The van der Waals surface area contributed by atoms with Crippen LogP contribution in [0, 0.1) is 0 Å². The molecule has 1 heterocycles. The third kappa shape index (κ3) is 5.49. The molecule has 146 valence electrons. The summed E-state index contributed by atoms with van der Waals surface area (Å²) in [5, 5.41) is 12.8. The lowest BCUT2D eigenvalue weighted by Gasteiger charge is -2.22. The van der Waals surface area contributed by atoms with Crippen LogP contribution in [0.15, 0.2) is 47.5 Å². The maximum Gasteiger partial charge on any atom is 0.231 e. The lowest BCUT2D eigenvalue weighted by Crippen LogP contribution is -2.38. The molecular formula is C20H26IN3O3. The zero-order chi connectivity index (χ0) is 18.4. The van der Waals surface area contributed by atoms with E-state index in [0.717, 1.165) is 40.7 Å². The molecular weight excluding hydrogens is 457 g/mol. The van der Waals surface area contributed by atoms with Crippen LogP contribution in [0.2, 0.25) is 0 Å². The number of halogens is 1. The lowest BCUT2D eigenvalue weighted by atomic mass is 10.1. The molecule has 0 amide bonds. The Bertz CT molecular complexity index is 783. The molecule has 0 fully saturated rings. The zero-order valence-electron chi connectivity index (χ0n) is 15.6. The molecule has 0 saturated heterocycles. The second-order valence-electron chi connectivity index (χ2n) is 6.14. The Morgan fingerprint density at radius 2 is 1.89 bits per heavy atom. The number of aliphatic hydroxyl groups is 1. The number of guanidine groups is 1. The molecule has 27 heavy (non-hydrogen) atoms. The molecule has 0 radical (unpaired) electrons. The first kappa shape index (κ1) is 21.3. The highest BCUT2D eigenvalue weighted by Crippen LogP contribution is 2.32. The van der Waals surface area contributed by atoms with Gasteiger partial charge in [0.2, 0.25) is 6.79 Å². The van der Waals surface area contributed by atoms with Crippen molar-refractivity contribution in [1.29, 1.82) is 0 Å². The number of aliphatic imine (C=N–C) groups is 1. The molecule has 0 atom stereocenters. The third-order valence-corrected chi connectivity index (χ3v) is 4.24. The fourth-order valence-electron chi connectivity index (χ4n) is 2.88. The Balaban J connectivity index is 0.00000261. The summed E-state index contributed by atoms with van der Waals surface area (Å²) in [5.74, 6) is 2.39. The molecule has 0 bridgehead atoms. The van der Waals surface area contributed by atoms with Gasteiger partial charge in [-0.15, -0.1) is 24.0 Å². The predicted octanol–water partition coefficient (Wildman–Crippen LogP) is 3.12. The molecule has 6 nitrogen and oxygen atoms in total. The number of nitrogens with one attached hydrogen (secondary N) is 1. The van der Waals surface area contributed by atoms with Gasteiger partial charge in [-0.1, -0.05) is 30.3 Å². The molecule has 0 spiro atoms. The maximum absolute atomic E-state index is 9.47. The molecule has 0 aromatic heterocycles. The summed E-state index contributed by atoms with van der Waals surface area (Å²) in [6, 6.07) is 13.8.